The van der Waals surface area contributed by atoms with Crippen molar-refractivity contribution in [3.8, 4) is 0 Å². The lowest BCUT2D eigenvalue weighted by Crippen LogP contribution is -2.32. The summed E-state index contributed by atoms with van der Waals surface area (Å²) in [5.41, 5.74) is 5.62. The molecule has 2 atom stereocenters. The van der Waals surface area contributed by atoms with Crippen molar-refractivity contribution < 1.29 is 0 Å². The molecule has 4 heteroatoms. The Kier molecular flexibility index (Phi) is 1.63. The van der Waals surface area contributed by atoms with Crippen LogP contribution in [0.4, 0.5) is 11.6 Å². The van der Waals surface area contributed by atoms with E-state index in [4.69, 9.17) is 5.73 Å². The molecule has 2 fully saturated rings. The van der Waals surface area contributed by atoms with Crippen LogP contribution < -0.4 is 10.6 Å². The van der Waals surface area contributed by atoms with Crippen LogP contribution in [0, 0.1) is 5.92 Å². The Morgan fingerprint density at radius 1 is 1.36 bits per heavy atom. The van der Waals surface area contributed by atoms with Gasteiger partial charge < -0.3 is 10.6 Å². The number of nitrogens with two attached hydrogens (primary N) is 1. The molecule has 0 aromatic carbocycles. The van der Waals surface area contributed by atoms with Gasteiger partial charge in [0.05, 0.1) is 12.4 Å². The second-order valence-electron chi connectivity index (χ2n) is 4.29. The number of nitrogens with zero attached hydrogens (tertiary/aromatic N) is 3. The number of hydrogen-bond donors (Lipinski definition) is 1. The molecule has 1 saturated heterocycles. The Hall–Kier alpha value is -1.32. The van der Waals surface area contributed by atoms with Gasteiger partial charge in [-0.2, -0.15) is 0 Å². The summed E-state index contributed by atoms with van der Waals surface area (Å²) >= 11 is 0. The van der Waals surface area contributed by atoms with Gasteiger partial charge in [-0.15, -0.1) is 0 Å². The van der Waals surface area contributed by atoms with E-state index in [1.807, 2.05) is 6.20 Å². The first-order valence-corrected chi connectivity index (χ1v) is 5.17. The second-order valence-corrected chi connectivity index (χ2v) is 4.29. The van der Waals surface area contributed by atoms with Crippen molar-refractivity contribution >= 4 is 11.6 Å². The highest BCUT2D eigenvalue weighted by Gasteiger charge is 2.38. The van der Waals surface area contributed by atoms with Gasteiger partial charge in [-0.3, -0.25) is 4.98 Å². The first-order valence-electron chi connectivity index (χ1n) is 5.17. The van der Waals surface area contributed by atoms with Crippen molar-refractivity contribution in [2.45, 2.75) is 25.3 Å². The lowest BCUT2D eigenvalue weighted by atomic mass is 10.1. The SMILES string of the molecule is Nc1cncc(N2CC3CCC2C3)n1. The molecule has 0 radical (unpaired) electrons. The normalized spacial score (nSPS) is 29.9. The fourth-order valence-corrected chi connectivity index (χ4v) is 2.71. The molecule has 3 rings (SSSR count). The smallest absolute Gasteiger partial charge is 0.149 e. The van der Waals surface area contributed by atoms with Gasteiger partial charge in [0.2, 0.25) is 0 Å². The zero-order valence-electron chi connectivity index (χ0n) is 8.06. The molecule has 74 valence electrons. The molecule has 1 aliphatic carbocycles. The van der Waals surface area contributed by atoms with Gasteiger partial charge in [0.25, 0.3) is 0 Å². The summed E-state index contributed by atoms with van der Waals surface area (Å²) < 4.78 is 0. The van der Waals surface area contributed by atoms with Gasteiger partial charge in [0, 0.05) is 12.6 Å². The molecule has 1 aliphatic heterocycles. The van der Waals surface area contributed by atoms with Gasteiger partial charge in [-0.25, -0.2) is 4.98 Å². The van der Waals surface area contributed by atoms with E-state index in [2.05, 4.69) is 14.9 Å². The lowest BCUT2D eigenvalue weighted by molar-refractivity contribution is 0.550. The highest BCUT2D eigenvalue weighted by molar-refractivity contribution is 5.44. The molecule has 1 aromatic heterocycles. The molecule has 1 saturated carbocycles. The zero-order chi connectivity index (χ0) is 9.54. The molecule has 2 unspecified atom stereocenters. The summed E-state index contributed by atoms with van der Waals surface area (Å²) in [6, 6.07) is 0.691. The predicted octanol–water partition coefficient (Wildman–Crippen LogP) is 1.05. The predicted molar refractivity (Wildman–Crippen MR) is 54.9 cm³/mol. The Labute approximate surface area is 83.1 Å². The summed E-state index contributed by atoms with van der Waals surface area (Å²) in [7, 11) is 0. The van der Waals surface area contributed by atoms with E-state index in [0.717, 1.165) is 18.3 Å². The van der Waals surface area contributed by atoms with Gasteiger partial charge in [-0.05, 0) is 25.2 Å². The Bertz CT molecular complexity index is 352. The van der Waals surface area contributed by atoms with Crippen LogP contribution >= 0.6 is 0 Å². The molecule has 0 spiro atoms. The van der Waals surface area contributed by atoms with Crippen LogP contribution in [0.3, 0.4) is 0 Å². The monoisotopic (exact) mass is 190 g/mol. The van der Waals surface area contributed by atoms with Crippen LogP contribution in [-0.2, 0) is 0 Å². The number of fused-ring (bicyclic) bond motifs is 2. The van der Waals surface area contributed by atoms with Gasteiger partial charge >= 0.3 is 0 Å². The van der Waals surface area contributed by atoms with Gasteiger partial charge in [0.15, 0.2) is 0 Å². The topological polar surface area (TPSA) is 55.0 Å². The first kappa shape index (κ1) is 8.03. The molecule has 4 nitrogen and oxygen atoms in total. The number of piperidine rings is 1. The van der Waals surface area contributed by atoms with E-state index in [1.54, 1.807) is 6.20 Å². The number of hydrogen-bond acceptors (Lipinski definition) is 4. The van der Waals surface area contributed by atoms with Crippen LogP contribution in [0.5, 0.6) is 0 Å². The Morgan fingerprint density at radius 2 is 2.29 bits per heavy atom. The summed E-state index contributed by atoms with van der Waals surface area (Å²) in [6.45, 7) is 1.14. The van der Waals surface area contributed by atoms with E-state index in [0.29, 0.717) is 11.9 Å². The first-order chi connectivity index (χ1) is 6.83. The largest absolute Gasteiger partial charge is 0.382 e. The van der Waals surface area contributed by atoms with Crippen LogP contribution in [0.25, 0.3) is 0 Å². The molecule has 14 heavy (non-hydrogen) atoms. The third-order valence-corrected chi connectivity index (χ3v) is 3.34. The van der Waals surface area contributed by atoms with Gasteiger partial charge in [0.1, 0.15) is 11.6 Å². The van der Waals surface area contributed by atoms with Crippen molar-refractivity contribution in [3.63, 3.8) is 0 Å². The summed E-state index contributed by atoms with van der Waals surface area (Å²) in [5.74, 6) is 2.35. The summed E-state index contributed by atoms with van der Waals surface area (Å²) in [5, 5.41) is 0. The second kappa shape index (κ2) is 2.83. The van der Waals surface area contributed by atoms with Crippen molar-refractivity contribution in [1.82, 2.24) is 9.97 Å². The average molecular weight is 190 g/mol. The molecular weight excluding hydrogens is 176 g/mol. The van der Waals surface area contributed by atoms with Crippen LogP contribution in [0.2, 0.25) is 0 Å². The van der Waals surface area contributed by atoms with E-state index in [9.17, 15) is 0 Å². The van der Waals surface area contributed by atoms with Gasteiger partial charge in [-0.1, -0.05) is 0 Å². The Balaban J connectivity index is 1.89. The van der Waals surface area contributed by atoms with E-state index < -0.39 is 0 Å². The highest BCUT2D eigenvalue weighted by Crippen LogP contribution is 2.39. The maximum atomic E-state index is 5.62. The molecule has 2 aliphatic rings. The number of aromatic nitrogens is 2. The maximum absolute atomic E-state index is 5.62. The minimum Gasteiger partial charge on any atom is -0.382 e. The number of rotatable bonds is 1. The summed E-state index contributed by atoms with van der Waals surface area (Å²) in [6.07, 6.45) is 7.43. The van der Waals surface area contributed by atoms with E-state index >= 15 is 0 Å². The quantitative estimate of drug-likeness (QED) is 0.719. The van der Waals surface area contributed by atoms with Crippen LogP contribution in [0.15, 0.2) is 12.4 Å². The van der Waals surface area contributed by atoms with E-state index in [1.165, 1.54) is 19.3 Å². The van der Waals surface area contributed by atoms with Crippen molar-refractivity contribution in [3.05, 3.63) is 12.4 Å². The van der Waals surface area contributed by atoms with Crippen molar-refractivity contribution in [2.75, 3.05) is 17.2 Å². The zero-order valence-corrected chi connectivity index (χ0v) is 8.06. The molecule has 2 N–H and O–H groups in total. The van der Waals surface area contributed by atoms with Crippen molar-refractivity contribution in [2.24, 2.45) is 5.92 Å². The number of nitrogen functional groups attached to an aromatic ring is 1. The molecule has 1 aromatic rings. The third kappa shape index (κ3) is 1.14. The highest BCUT2D eigenvalue weighted by atomic mass is 15.3. The Morgan fingerprint density at radius 3 is 2.93 bits per heavy atom. The average Bonchev–Trinajstić information content (AvgIpc) is 2.78. The number of anilines is 2. The molecular formula is C10H14N4. The summed E-state index contributed by atoms with van der Waals surface area (Å²) in [4.78, 5) is 10.8. The molecule has 2 heterocycles. The fourth-order valence-electron chi connectivity index (χ4n) is 2.71. The van der Waals surface area contributed by atoms with Crippen LogP contribution in [-0.4, -0.2) is 22.6 Å². The van der Waals surface area contributed by atoms with Crippen molar-refractivity contribution in [1.29, 1.82) is 0 Å². The fraction of sp³-hybridized carbons (Fsp3) is 0.600. The van der Waals surface area contributed by atoms with E-state index in [-0.39, 0.29) is 0 Å². The minimum atomic E-state index is 0.519. The lowest BCUT2D eigenvalue weighted by Gasteiger charge is -2.27. The third-order valence-electron chi connectivity index (χ3n) is 3.34. The standard InChI is InChI=1S/C10H14N4/c11-9-4-12-5-10(13-9)14-6-7-1-2-8(14)3-7/h4-5,7-8H,1-3,6H2,(H2,11,13). The minimum absolute atomic E-state index is 0.519. The van der Waals surface area contributed by atoms with Crippen LogP contribution in [0.1, 0.15) is 19.3 Å². The molecule has 0 amide bonds. The molecule has 2 bridgehead atoms. The maximum Gasteiger partial charge on any atom is 0.149 e.